The maximum atomic E-state index is 12.9. The summed E-state index contributed by atoms with van der Waals surface area (Å²) in [6, 6.07) is 0. The first kappa shape index (κ1) is 68.4. The third-order valence-corrected chi connectivity index (χ3v) is 15.1. The number of rotatable bonds is 58. The Balaban J connectivity index is 4.25. The van der Waals surface area contributed by atoms with E-state index in [2.05, 4.69) is 34.6 Å². The molecule has 0 rings (SSSR count). The molecule has 0 aliphatic carbocycles. The smallest absolute Gasteiger partial charge is 0.306 e. The highest BCUT2D eigenvalue weighted by molar-refractivity contribution is 5.71. The predicted molar refractivity (Wildman–Crippen MR) is 303 cm³/mol. The molecule has 416 valence electrons. The van der Waals surface area contributed by atoms with Gasteiger partial charge in [-0.25, -0.2) is 0 Å². The van der Waals surface area contributed by atoms with Crippen LogP contribution in [0, 0.1) is 11.8 Å². The molecule has 2 atom stereocenters. The number of unbranched alkanes of at least 4 members (excludes halogenated alkanes) is 42. The number of ether oxygens (including phenoxy) is 3. The highest BCUT2D eigenvalue weighted by Gasteiger charge is 2.19. The van der Waals surface area contributed by atoms with Crippen LogP contribution < -0.4 is 0 Å². The van der Waals surface area contributed by atoms with Crippen LogP contribution in [0.5, 0.6) is 0 Å². The van der Waals surface area contributed by atoms with Crippen molar-refractivity contribution in [2.45, 2.75) is 368 Å². The van der Waals surface area contributed by atoms with Crippen LogP contribution >= 0.6 is 0 Å². The largest absolute Gasteiger partial charge is 0.462 e. The lowest BCUT2D eigenvalue weighted by Gasteiger charge is -2.18. The van der Waals surface area contributed by atoms with E-state index in [1.165, 1.54) is 250 Å². The molecule has 0 N–H and O–H groups in total. The van der Waals surface area contributed by atoms with Crippen LogP contribution in [0.25, 0.3) is 0 Å². The summed E-state index contributed by atoms with van der Waals surface area (Å²) in [7, 11) is 0. The highest BCUT2D eigenvalue weighted by Crippen LogP contribution is 2.19. The summed E-state index contributed by atoms with van der Waals surface area (Å²) in [5.74, 6) is 0.910. The number of esters is 3. The molecule has 0 aromatic heterocycles. The second-order valence-electron chi connectivity index (χ2n) is 22.8. The van der Waals surface area contributed by atoms with Crippen molar-refractivity contribution >= 4 is 17.9 Å². The van der Waals surface area contributed by atoms with Crippen molar-refractivity contribution < 1.29 is 28.6 Å². The first-order valence-corrected chi connectivity index (χ1v) is 31.8. The Morgan fingerprint density at radius 1 is 0.300 bits per heavy atom. The average molecular weight is 990 g/mol. The molecular formula is C64H124O6. The predicted octanol–water partition coefficient (Wildman–Crippen LogP) is 21.2. The second-order valence-corrected chi connectivity index (χ2v) is 22.8. The Bertz CT molecular complexity index is 1070. The Morgan fingerprint density at radius 3 is 0.814 bits per heavy atom. The van der Waals surface area contributed by atoms with Crippen LogP contribution in [0.1, 0.15) is 362 Å². The lowest BCUT2D eigenvalue weighted by Crippen LogP contribution is -2.30. The van der Waals surface area contributed by atoms with Gasteiger partial charge in [0.05, 0.1) is 0 Å². The summed E-state index contributed by atoms with van der Waals surface area (Å²) < 4.78 is 16.9. The molecule has 1 unspecified atom stereocenters. The fraction of sp³-hybridized carbons (Fsp3) is 0.953. The van der Waals surface area contributed by atoms with Crippen molar-refractivity contribution in [3.8, 4) is 0 Å². The van der Waals surface area contributed by atoms with E-state index >= 15 is 0 Å². The van der Waals surface area contributed by atoms with Gasteiger partial charge >= 0.3 is 17.9 Å². The highest BCUT2D eigenvalue weighted by atomic mass is 16.6. The van der Waals surface area contributed by atoms with E-state index in [4.69, 9.17) is 14.2 Å². The summed E-state index contributed by atoms with van der Waals surface area (Å²) in [5, 5.41) is 0. The second kappa shape index (κ2) is 56.7. The number of carbonyl (C=O) groups excluding carboxylic acids is 3. The molecule has 0 amide bonds. The van der Waals surface area contributed by atoms with E-state index in [0.29, 0.717) is 19.3 Å². The van der Waals surface area contributed by atoms with Gasteiger partial charge in [0.25, 0.3) is 0 Å². The molecule has 0 spiro atoms. The van der Waals surface area contributed by atoms with Crippen LogP contribution in [0.3, 0.4) is 0 Å². The molecule has 0 aromatic carbocycles. The van der Waals surface area contributed by atoms with Gasteiger partial charge in [0, 0.05) is 19.3 Å². The SMILES string of the molecule is CCCCCCCCCCCCCCCCCC(=O)OC[C@@H](COC(=O)CCCCCCCCCCCCCCCCCCCCC(C)CC)OC(=O)CCCCCCCCCCCCCCC(C)C. The van der Waals surface area contributed by atoms with Gasteiger partial charge in [0.15, 0.2) is 6.10 Å². The average Bonchev–Trinajstić information content (AvgIpc) is 3.35. The van der Waals surface area contributed by atoms with Crippen LogP contribution in [0.4, 0.5) is 0 Å². The first-order chi connectivity index (χ1) is 34.3. The summed E-state index contributed by atoms with van der Waals surface area (Å²) in [6.07, 6.45) is 62.4. The van der Waals surface area contributed by atoms with Crippen LogP contribution in [0.15, 0.2) is 0 Å². The molecule has 6 heteroatoms. The van der Waals surface area contributed by atoms with Gasteiger partial charge in [-0.2, -0.15) is 0 Å². The topological polar surface area (TPSA) is 78.9 Å². The van der Waals surface area contributed by atoms with Crippen LogP contribution in [-0.2, 0) is 28.6 Å². The van der Waals surface area contributed by atoms with Gasteiger partial charge in [0.1, 0.15) is 13.2 Å². The standard InChI is InChI=1S/C64H124O6/c1-6-8-9-10-11-12-13-14-19-23-29-34-39-44-49-54-62(65)68-57-61(70-64(67)56-51-46-41-36-31-26-25-27-32-37-42-47-52-59(3)4)58-69-63(66)55-50-45-40-35-30-24-21-18-16-15-17-20-22-28-33-38-43-48-53-60(5)7-2/h59-61H,6-58H2,1-5H3/t60?,61-/m0/s1. The van der Waals surface area contributed by atoms with Crippen molar-refractivity contribution in [2.75, 3.05) is 13.2 Å². The summed E-state index contributed by atoms with van der Waals surface area (Å²) in [4.78, 5) is 38.3. The van der Waals surface area contributed by atoms with Crippen molar-refractivity contribution in [3.63, 3.8) is 0 Å². The van der Waals surface area contributed by atoms with Crippen LogP contribution in [-0.4, -0.2) is 37.2 Å². The monoisotopic (exact) mass is 989 g/mol. The maximum Gasteiger partial charge on any atom is 0.306 e. The Hall–Kier alpha value is -1.59. The van der Waals surface area contributed by atoms with E-state index < -0.39 is 6.10 Å². The molecule has 0 aliphatic rings. The minimum atomic E-state index is -0.763. The molecule has 70 heavy (non-hydrogen) atoms. The molecule has 0 saturated carbocycles. The zero-order chi connectivity index (χ0) is 51.1. The Morgan fingerprint density at radius 2 is 0.543 bits per heavy atom. The van der Waals surface area contributed by atoms with Gasteiger partial charge < -0.3 is 14.2 Å². The molecular weight excluding hydrogens is 865 g/mol. The van der Waals surface area contributed by atoms with Crippen molar-refractivity contribution in [1.29, 1.82) is 0 Å². The minimum Gasteiger partial charge on any atom is -0.462 e. The Labute approximate surface area is 438 Å². The van der Waals surface area contributed by atoms with Crippen molar-refractivity contribution in [2.24, 2.45) is 11.8 Å². The molecule has 0 heterocycles. The van der Waals surface area contributed by atoms with Crippen LogP contribution in [0.2, 0.25) is 0 Å². The minimum absolute atomic E-state index is 0.0620. The molecule has 0 aromatic rings. The summed E-state index contributed by atoms with van der Waals surface area (Å²) in [6.45, 7) is 11.5. The lowest BCUT2D eigenvalue weighted by molar-refractivity contribution is -0.167. The lowest BCUT2D eigenvalue weighted by atomic mass is 9.99. The number of hydrogen-bond acceptors (Lipinski definition) is 6. The first-order valence-electron chi connectivity index (χ1n) is 31.8. The maximum absolute atomic E-state index is 12.9. The summed E-state index contributed by atoms with van der Waals surface area (Å²) >= 11 is 0. The number of carbonyl (C=O) groups is 3. The van der Waals surface area contributed by atoms with Gasteiger partial charge in [0.2, 0.25) is 0 Å². The fourth-order valence-corrected chi connectivity index (χ4v) is 9.90. The van der Waals surface area contributed by atoms with Gasteiger partial charge in [-0.15, -0.1) is 0 Å². The third-order valence-electron chi connectivity index (χ3n) is 15.1. The van der Waals surface area contributed by atoms with E-state index in [0.717, 1.165) is 69.6 Å². The zero-order valence-corrected chi connectivity index (χ0v) is 48.2. The Kier molecular flexibility index (Phi) is 55.4. The fourth-order valence-electron chi connectivity index (χ4n) is 9.90. The molecule has 0 saturated heterocycles. The quantitative estimate of drug-likeness (QED) is 0.0343. The van der Waals surface area contributed by atoms with E-state index in [-0.39, 0.29) is 31.1 Å². The molecule has 0 fully saturated rings. The zero-order valence-electron chi connectivity index (χ0n) is 48.2. The van der Waals surface area contributed by atoms with Gasteiger partial charge in [-0.3, -0.25) is 14.4 Å². The van der Waals surface area contributed by atoms with Crippen molar-refractivity contribution in [3.05, 3.63) is 0 Å². The van der Waals surface area contributed by atoms with Gasteiger partial charge in [-0.05, 0) is 31.1 Å². The molecule has 0 bridgehead atoms. The van der Waals surface area contributed by atoms with E-state index in [1.807, 2.05) is 0 Å². The molecule has 0 aliphatic heterocycles. The third kappa shape index (κ3) is 55.7. The number of hydrogen-bond donors (Lipinski definition) is 0. The normalized spacial score (nSPS) is 12.4. The van der Waals surface area contributed by atoms with Gasteiger partial charge in [-0.1, -0.05) is 324 Å². The van der Waals surface area contributed by atoms with E-state index in [9.17, 15) is 14.4 Å². The van der Waals surface area contributed by atoms with Crippen molar-refractivity contribution in [1.82, 2.24) is 0 Å². The molecule has 0 radical (unpaired) electrons. The van der Waals surface area contributed by atoms with E-state index in [1.54, 1.807) is 0 Å². The summed E-state index contributed by atoms with van der Waals surface area (Å²) in [5.41, 5.74) is 0. The molecule has 6 nitrogen and oxygen atoms in total.